The number of carbonyl (C=O) groups excluding carboxylic acids is 1. The minimum Gasteiger partial charge on any atom is -0.477 e. The van der Waals surface area contributed by atoms with Crippen LogP contribution in [0.25, 0.3) is 0 Å². The molecule has 1 aromatic heterocycles. The first-order chi connectivity index (χ1) is 8.10. The molecule has 0 aliphatic carbocycles. The highest BCUT2D eigenvalue weighted by Crippen LogP contribution is 2.25. The number of aromatic carboxylic acids is 1. The number of hydrogen-bond acceptors (Lipinski definition) is 3. The molecule has 17 heavy (non-hydrogen) atoms. The van der Waals surface area contributed by atoms with Gasteiger partial charge < -0.3 is 10.0 Å². The molecule has 1 aliphatic rings. The van der Waals surface area contributed by atoms with E-state index in [0.29, 0.717) is 23.8 Å². The summed E-state index contributed by atoms with van der Waals surface area (Å²) in [6, 6.07) is 3.39. The average molecular weight is 253 g/mol. The number of nitrogens with zero attached hydrogens (tertiary/aromatic N) is 1. The third kappa shape index (κ3) is 2.66. The van der Waals surface area contributed by atoms with Gasteiger partial charge in [-0.1, -0.05) is 13.3 Å². The predicted molar refractivity (Wildman–Crippen MR) is 65.1 cm³/mol. The predicted octanol–water partition coefficient (Wildman–Crippen LogP) is 2.20. The van der Waals surface area contributed by atoms with Gasteiger partial charge in [0, 0.05) is 17.8 Å². The second-order valence-corrected chi connectivity index (χ2v) is 5.49. The number of thiophene rings is 1. The molecule has 1 aliphatic heterocycles. The van der Waals surface area contributed by atoms with Crippen LogP contribution >= 0.6 is 11.3 Å². The standard InChI is InChI=1S/C12H15NO3S/c1-2-8-5-11(14)13(6-8)7-9-3-4-10(17-9)12(15)16/h3-4,8H,2,5-7H2,1H3,(H,15,16). The van der Waals surface area contributed by atoms with E-state index in [0.717, 1.165) is 17.8 Å². The van der Waals surface area contributed by atoms with E-state index < -0.39 is 5.97 Å². The Balaban J connectivity index is 2.01. The van der Waals surface area contributed by atoms with Crippen LogP contribution in [0, 0.1) is 5.92 Å². The van der Waals surface area contributed by atoms with Crippen molar-refractivity contribution in [3.8, 4) is 0 Å². The van der Waals surface area contributed by atoms with E-state index in [1.54, 1.807) is 12.1 Å². The van der Waals surface area contributed by atoms with E-state index in [4.69, 9.17) is 5.11 Å². The van der Waals surface area contributed by atoms with Crippen molar-refractivity contribution in [1.29, 1.82) is 0 Å². The molecule has 1 N–H and O–H groups in total. The third-order valence-electron chi connectivity index (χ3n) is 3.09. The van der Waals surface area contributed by atoms with Crippen LogP contribution in [-0.2, 0) is 11.3 Å². The fourth-order valence-electron chi connectivity index (χ4n) is 2.05. The molecule has 0 saturated carbocycles. The molecular formula is C12H15NO3S. The fourth-order valence-corrected chi connectivity index (χ4v) is 2.91. The summed E-state index contributed by atoms with van der Waals surface area (Å²) in [7, 11) is 0. The van der Waals surface area contributed by atoms with Crippen LogP contribution in [0.15, 0.2) is 12.1 Å². The Morgan fingerprint density at radius 1 is 1.59 bits per heavy atom. The molecular weight excluding hydrogens is 238 g/mol. The maximum Gasteiger partial charge on any atom is 0.345 e. The zero-order valence-electron chi connectivity index (χ0n) is 9.68. The maximum absolute atomic E-state index is 11.7. The second-order valence-electron chi connectivity index (χ2n) is 4.32. The maximum atomic E-state index is 11.7. The second kappa shape index (κ2) is 4.87. The van der Waals surface area contributed by atoms with Crippen molar-refractivity contribution in [2.45, 2.75) is 26.3 Å². The quantitative estimate of drug-likeness (QED) is 0.895. The Labute approximate surface area is 104 Å². The largest absolute Gasteiger partial charge is 0.477 e. The third-order valence-corrected chi connectivity index (χ3v) is 4.15. The van der Waals surface area contributed by atoms with Crippen molar-refractivity contribution in [2.75, 3.05) is 6.54 Å². The highest BCUT2D eigenvalue weighted by Gasteiger charge is 2.28. The number of rotatable bonds is 4. The minimum atomic E-state index is -0.902. The Hall–Kier alpha value is -1.36. The summed E-state index contributed by atoms with van der Waals surface area (Å²) >= 11 is 1.25. The van der Waals surface area contributed by atoms with Crippen LogP contribution in [0.3, 0.4) is 0 Å². The van der Waals surface area contributed by atoms with Gasteiger partial charge in [0.15, 0.2) is 0 Å². The number of likely N-dealkylation sites (tertiary alicyclic amines) is 1. The topological polar surface area (TPSA) is 57.6 Å². The summed E-state index contributed by atoms with van der Waals surface area (Å²) in [5.74, 6) is -0.260. The molecule has 92 valence electrons. The average Bonchev–Trinajstić information content (AvgIpc) is 2.87. The summed E-state index contributed by atoms with van der Waals surface area (Å²) in [6.07, 6.45) is 1.65. The first-order valence-corrected chi connectivity index (χ1v) is 6.51. The van der Waals surface area contributed by atoms with Gasteiger partial charge in [-0.15, -0.1) is 11.3 Å². The molecule has 1 amide bonds. The van der Waals surface area contributed by atoms with E-state index in [1.165, 1.54) is 11.3 Å². The van der Waals surface area contributed by atoms with Crippen molar-refractivity contribution >= 4 is 23.2 Å². The zero-order valence-corrected chi connectivity index (χ0v) is 10.5. The van der Waals surface area contributed by atoms with Gasteiger partial charge >= 0.3 is 5.97 Å². The van der Waals surface area contributed by atoms with Gasteiger partial charge in [0.1, 0.15) is 4.88 Å². The molecule has 1 aromatic rings. The molecule has 0 spiro atoms. The normalized spacial score (nSPS) is 19.9. The van der Waals surface area contributed by atoms with Crippen LogP contribution in [0.2, 0.25) is 0 Å². The van der Waals surface area contributed by atoms with Crippen LogP contribution in [0.1, 0.15) is 34.3 Å². The van der Waals surface area contributed by atoms with Gasteiger partial charge in [0.05, 0.1) is 6.54 Å². The van der Waals surface area contributed by atoms with Gasteiger partial charge in [-0.05, 0) is 18.1 Å². The first-order valence-electron chi connectivity index (χ1n) is 5.70. The van der Waals surface area contributed by atoms with Crippen LogP contribution in [0.4, 0.5) is 0 Å². The fraction of sp³-hybridized carbons (Fsp3) is 0.500. The minimum absolute atomic E-state index is 0.183. The summed E-state index contributed by atoms with van der Waals surface area (Å²) < 4.78 is 0. The van der Waals surface area contributed by atoms with Crippen LogP contribution < -0.4 is 0 Å². The Morgan fingerprint density at radius 2 is 2.35 bits per heavy atom. The van der Waals surface area contributed by atoms with E-state index in [-0.39, 0.29) is 5.91 Å². The molecule has 1 fully saturated rings. The van der Waals surface area contributed by atoms with Crippen LogP contribution in [0.5, 0.6) is 0 Å². The Bertz CT molecular complexity index is 441. The molecule has 1 saturated heterocycles. The lowest BCUT2D eigenvalue weighted by molar-refractivity contribution is -0.128. The van der Waals surface area contributed by atoms with E-state index in [1.807, 2.05) is 4.90 Å². The van der Waals surface area contributed by atoms with Crippen LogP contribution in [-0.4, -0.2) is 28.4 Å². The van der Waals surface area contributed by atoms with Gasteiger partial charge in [-0.3, -0.25) is 4.79 Å². The van der Waals surface area contributed by atoms with Crippen molar-refractivity contribution < 1.29 is 14.7 Å². The number of carboxylic acid groups (broad SMARTS) is 1. The smallest absolute Gasteiger partial charge is 0.345 e. The van der Waals surface area contributed by atoms with Crippen molar-refractivity contribution in [2.24, 2.45) is 5.92 Å². The van der Waals surface area contributed by atoms with Gasteiger partial charge in [0.25, 0.3) is 0 Å². The number of carboxylic acids is 1. The van der Waals surface area contributed by atoms with Gasteiger partial charge in [0.2, 0.25) is 5.91 Å². The highest BCUT2D eigenvalue weighted by molar-refractivity contribution is 7.13. The molecule has 2 heterocycles. The lowest BCUT2D eigenvalue weighted by Crippen LogP contribution is -2.23. The Kier molecular flexibility index (Phi) is 3.47. The number of hydrogen-bond donors (Lipinski definition) is 1. The molecule has 5 heteroatoms. The van der Waals surface area contributed by atoms with Crippen molar-refractivity contribution in [3.05, 3.63) is 21.9 Å². The van der Waals surface area contributed by atoms with E-state index in [9.17, 15) is 9.59 Å². The number of amides is 1. The molecule has 1 unspecified atom stereocenters. The van der Waals surface area contributed by atoms with E-state index >= 15 is 0 Å². The van der Waals surface area contributed by atoms with E-state index in [2.05, 4.69) is 6.92 Å². The SMILES string of the molecule is CCC1CC(=O)N(Cc2ccc(C(=O)O)s2)C1. The summed E-state index contributed by atoms with van der Waals surface area (Å²) in [6.45, 7) is 3.44. The molecule has 0 bridgehead atoms. The lowest BCUT2D eigenvalue weighted by Gasteiger charge is -2.14. The van der Waals surface area contributed by atoms with Gasteiger partial charge in [-0.25, -0.2) is 4.79 Å². The summed E-state index contributed by atoms with van der Waals surface area (Å²) in [4.78, 5) is 25.5. The molecule has 4 nitrogen and oxygen atoms in total. The summed E-state index contributed by atoms with van der Waals surface area (Å²) in [5, 5.41) is 8.82. The lowest BCUT2D eigenvalue weighted by atomic mass is 10.1. The molecule has 1 atom stereocenters. The summed E-state index contributed by atoms with van der Waals surface area (Å²) in [5.41, 5.74) is 0. The van der Waals surface area contributed by atoms with Gasteiger partial charge in [-0.2, -0.15) is 0 Å². The molecule has 0 radical (unpaired) electrons. The van der Waals surface area contributed by atoms with Crippen molar-refractivity contribution in [1.82, 2.24) is 4.90 Å². The molecule has 2 rings (SSSR count). The Morgan fingerprint density at radius 3 is 2.88 bits per heavy atom. The monoisotopic (exact) mass is 253 g/mol. The molecule has 0 aromatic carbocycles. The van der Waals surface area contributed by atoms with Crippen molar-refractivity contribution in [3.63, 3.8) is 0 Å². The highest BCUT2D eigenvalue weighted by atomic mass is 32.1. The zero-order chi connectivity index (χ0) is 12.4. The first kappa shape index (κ1) is 12.1. The number of carbonyl (C=O) groups is 2.